The number of anilines is 1. The highest BCUT2D eigenvalue weighted by atomic mass is 19.1. The van der Waals surface area contributed by atoms with Crippen LogP contribution in [0.1, 0.15) is 32.3 Å². The SMILES string of the molecule is CC(C)OC(=O)C1(C)COC(C(N)=O)(c2nc(-c3ccc(F)cc3)c(-c3ccnc(NCc4ccccn4)n3)[nH]2)OC1. The molecule has 3 aromatic heterocycles. The molecule has 1 fully saturated rings. The molecule has 1 aliphatic rings. The third kappa shape index (κ3) is 5.83. The molecule has 4 N–H and O–H groups in total. The van der Waals surface area contributed by atoms with E-state index >= 15 is 0 Å². The Kier molecular flexibility index (Phi) is 7.96. The normalized spacial score (nSPS) is 20.3. The average Bonchev–Trinajstić information content (AvgIpc) is 3.43. The Morgan fingerprint density at radius 2 is 1.81 bits per heavy atom. The molecular weight excluding hydrogens is 545 g/mol. The Labute approximate surface area is 240 Å². The lowest BCUT2D eigenvalue weighted by atomic mass is 9.91. The van der Waals surface area contributed by atoms with E-state index in [1.807, 2.05) is 18.2 Å². The topological polar surface area (TPSA) is 167 Å². The minimum atomic E-state index is -2.14. The number of rotatable bonds is 9. The fraction of sp³-hybridized carbons (Fsp3) is 0.310. The van der Waals surface area contributed by atoms with Crippen molar-refractivity contribution in [2.75, 3.05) is 18.5 Å². The summed E-state index contributed by atoms with van der Waals surface area (Å²) in [6.07, 6.45) is 2.90. The van der Waals surface area contributed by atoms with Gasteiger partial charge in [-0.2, -0.15) is 0 Å². The monoisotopic (exact) mass is 575 g/mol. The van der Waals surface area contributed by atoms with E-state index in [1.165, 1.54) is 12.1 Å². The summed E-state index contributed by atoms with van der Waals surface area (Å²) in [6, 6.07) is 12.9. The van der Waals surface area contributed by atoms with Crippen LogP contribution in [0, 0.1) is 11.2 Å². The van der Waals surface area contributed by atoms with Crippen molar-refractivity contribution >= 4 is 17.8 Å². The van der Waals surface area contributed by atoms with Gasteiger partial charge < -0.3 is 30.2 Å². The highest BCUT2D eigenvalue weighted by Crippen LogP contribution is 2.39. The van der Waals surface area contributed by atoms with Crippen LogP contribution in [0.2, 0.25) is 0 Å². The molecule has 218 valence electrons. The molecule has 1 aromatic carbocycles. The summed E-state index contributed by atoms with van der Waals surface area (Å²) in [6.45, 7) is 5.01. The second-order valence-electron chi connectivity index (χ2n) is 10.3. The van der Waals surface area contributed by atoms with Crippen LogP contribution in [0.4, 0.5) is 10.3 Å². The Hall–Kier alpha value is -4.75. The number of nitrogens with zero attached hydrogens (tertiary/aromatic N) is 4. The second-order valence-corrected chi connectivity index (χ2v) is 10.3. The number of esters is 1. The number of aromatic nitrogens is 5. The summed E-state index contributed by atoms with van der Waals surface area (Å²) >= 11 is 0. The van der Waals surface area contributed by atoms with E-state index in [9.17, 15) is 14.0 Å². The highest BCUT2D eigenvalue weighted by Gasteiger charge is 2.54. The Balaban J connectivity index is 1.51. The summed E-state index contributed by atoms with van der Waals surface area (Å²) in [7, 11) is 0. The van der Waals surface area contributed by atoms with Crippen molar-refractivity contribution in [3.05, 3.63) is 78.3 Å². The maximum absolute atomic E-state index is 13.8. The van der Waals surface area contributed by atoms with Crippen LogP contribution in [-0.2, 0) is 36.1 Å². The minimum Gasteiger partial charge on any atom is -0.462 e. The lowest BCUT2D eigenvalue weighted by Crippen LogP contribution is -2.56. The number of H-pyrrole nitrogens is 1. The molecule has 0 bridgehead atoms. The zero-order chi connectivity index (χ0) is 29.9. The molecular formula is C29H30FN7O5. The number of amides is 1. The first-order valence-corrected chi connectivity index (χ1v) is 13.2. The first kappa shape index (κ1) is 28.8. The summed E-state index contributed by atoms with van der Waals surface area (Å²) in [5.41, 5.74) is 7.05. The molecule has 0 spiro atoms. The van der Waals surface area contributed by atoms with Crippen molar-refractivity contribution in [1.82, 2.24) is 24.9 Å². The summed E-state index contributed by atoms with van der Waals surface area (Å²) in [5.74, 6) is -3.84. The van der Waals surface area contributed by atoms with Gasteiger partial charge in [-0.05, 0) is 63.2 Å². The van der Waals surface area contributed by atoms with E-state index in [2.05, 4.69) is 30.2 Å². The summed E-state index contributed by atoms with van der Waals surface area (Å²) < 4.78 is 30.9. The number of halogens is 1. The largest absolute Gasteiger partial charge is 0.462 e. The Morgan fingerprint density at radius 1 is 1.07 bits per heavy atom. The van der Waals surface area contributed by atoms with Crippen LogP contribution in [-0.4, -0.2) is 56.1 Å². The number of benzene rings is 1. The Bertz CT molecular complexity index is 1570. The van der Waals surface area contributed by atoms with Gasteiger partial charge in [0.05, 0.1) is 48.6 Å². The number of nitrogens with one attached hydrogen (secondary N) is 2. The van der Waals surface area contributed by atoms with E-state index in [4.69, 9.17) is 19.9 Å². The fourth-order valence-electron chi connectivity index (χ4n) is 4.26. The van der Waals surface area contributed by atoms with Crippen molar-refractivity contribution in [3.8, 4) is 22.6 Å². The molecule has 4 heterocycles. The minimum absolute atomic E-state index is 0.0646. The fourth-order valence-corrected chi connectivity index (χ4v) is 4.26. The molecule has 0 saturated carbocycles. The van der Waals surface area contributed by atoms with Gasteiger partial charge in [-0.25, -0.2) is 19.3 Å². The van der Waals surface area contributed by atoms with E-state index in [0.29, 0.717) is 35.1 Å². The zero-order valence-corrected chi connectivity index (χ0v) is 23.3. The van der Waals surface area contributed by atoms with E-state index in [1.54, 1.807) is 51.4 Å². The van der Waals surface area contributed by atoms with Gasteiger partial charge >= 0.3 is 11.8 Å². The molecule has 0 unspecified atom stereocenters. The van der Waals surface area contributed by atoms with E-state index in [-0.39, 0.29) is 25.1 Å². The van der Waals surface area contributed by atoms with Crippen molar-refractivity contribution in [1.29, 1.82) is 0 Å². The van der Waals surface area contributed by atoms with Crippen LogP contribution in [0.3, 0.4) is 0 Å². The smallest absolute Gasteiger partial charge is 0.316 e. The van der Waals surface area contributed by atoms with Crippen LogP contribution in [0.15, 0.2) is 60.9 Å². The zero-order valence-electron chi connectivity index (χ0n) is 23.3. The van der Waals surface area contributed by atoms with Crippen LogP contribution >= 0.6 is 0 Å². The molecule has 12 nitrogen and oxygen atoms in total. The third-order valence-electron chi connectivity index (χ3n) is 6.55. The molecule has 1 aliphatic heterocycles. The molecule has 1 saturated heterocycles. The molecule has 0 radical (unpaired) electrons. The maximum Gasteiger partial charge on any atom is 0.316 e. The molecule has 4 aromatic rings. The highest BCUT2D eigenvalue weighted by molar-refractivity contribution is 5.85. The van der Waals surface area contributed by atoms with Gasteiger partial charge in [0.15, 0.2) is 5.82 Å². The van der Waals surface area contributed by atoms with Gasteiger partial charge in [0, 0.05) is 18.0 Å². The molecule has 5 rings (SSSR count). The predicted octanol–water partition coefficient (Wildman–Crippen LogP) is 3.32. The first-order valence-electron chi connectivity index (χ1n) is 13.2. The first-order chi connectivity index (χ1) is 20.1. The van der Waals surface area contributed by atoms with E-state index < -0.39 is 28.9 Å². The summed E-state index contributed by atoms with van der Waals surface area (Å²) in [5, 5.41) is 3.13. The molecule has 1 amide bonds. The lowest BCUT2D eigenvalue weighted by Gasteiger charge is -2.40. The van der Waals surface area contributed by atoms with Crippen LogP contribution in [0.5, 0.6) is 0 Å². The second kappa shape index (κ2) is 11.6. The van der Waals surface area contributed by atoms with Crippen molar-refractivity contribution in [2.24, 2.45) is 11.1 Å². The van der Waals surface area contributed by atoms with Crippen LogP contribution in [0.25, 0.3) is 22.6 Å². The predicted molar refractivity (Wildman–Crippen MR) is 149 cm³/mol. The number of primary amides is 1. The number of carbonyl (C=O) groups excluding carboxylic acids is 2. The number of hydrogen-bond acceptors (Lipinski definition) is 10. The number of pyridine rings is 1. The number of imidazole rings is 1. The van der Waals surface area contributed by atoms with Gasteiger partial charge in [0.25, 0.3) is 5.91 Å². The van der Waals surface area contributed by atoms with Crippen molar-refractivity contribution < 1.29 is 28.2 Å². The average molecular weight is 576 g/mol. The van der Waals surface area contributed by atoms with Crippen molar-refractivity contribution in [2.45, 2.75) is 39.2 Å². The number of carbonyl (C=O) groups is 2. The maximum atomic E-state index is 13.8. The molecule has 0 atom stereocenters. The van der Waals surface area contributed by atoms with Crippen LogP contribution < -0.4 is 11.1 Å². The number of nitrogens with two attached hydrogens (primary N) is 1. The number of aromatic amines is 1. The lowest BCUT2D eigenvalue weighted by molar-refractivity contribution is -0.294. The molecule has 42 heavy (non-hydrogen) atoms. The van der Waals surface area contributed by atoms with Gasteiger partial charge in [0.1, 0.15) is 11.2 Å². The van der Waals surface area contributed by atoms with Gasteiger partial charge in [0.2, 0.25) is 5.95 Å². The summed E-state index contributed by atoms with van der Waals surface area (Å²) in [4.78, 5) is 46.5. The van der Waals surface area contributed by atoms with E-state index in [0.717, 1.165) is 5.69 Å². The van der Waals surface area contributed by atoms with Gasteiger partial charge in [-0.15, -0.1) is 0 Å². The molecule has 0 aliphatic carbocycles. The Morgan fingerprint density at radius 3 is 2.45 bits per heavy atom. The van der Waals surface area contributed by atoms with Gasteiger partial charge in [-0.3, -0.25) is 14.6 Å². The van der Waals surface area contributed by atoms with Crippen molar-refractivity contribution in [3.63, 3.8) is 0 Å². The van der Waals surface area contributed by atoms with Gasteiger partial charge in [-0.1, -0.05) is 6.07 Å². The number of hydrogen-bond donors (Lipinski definition) is 3. The standard InChI is InChI=1S/C29H30FN7O5/c1-17(2)42-26(39)28(3)15-40-29(24(31)38,41-16-28)25-36-22(18-7-9-19(30)10-8-18)23(37-25)21-11-13-33-27(35-21)34-14-20-6-4-5-12-32-20/h4-13,17H,14-16H2,1-3H3,(H2,31,38)(H,36,37)(H,33,34,35). The third-order valence-corrected chi connectivity index (χ3v) is 6.55. The quantitative estimate of drug-likeness (QED) is 0.252. The number of ether oxygens (including phenoxy) is 3. The molecule has 13 heteroatoms.